The molecule has 0 saturated carbocycles. The molecule has 0 atom stereocenters. The van der Waals surface area contributed by atoms with Crippen molar-refractivity contribution in [2.45, 2.75) is 96.8 Å². The first-order chi connectivity index (χ1) is 13.4. The molecule has 0 bridgehead atoms. The van der Waals surface area contributed by atoms with Crippen LogP contribution in [0.1, 0.15) is 96.8 Å². The molecule has 0 aliphatic heterocycles. The molecular weight excluding hydrogens is 330 g/mol. The Kier molecular flexibility index (Phi) is 15.7. The number of hydrogen-bond donors (Lipinski definition) is 1. The minimum atomic E-state index is 0.828. The molecule has 2 nitrogen and oxygen atoms in total. The first kappa shape index (κ1) is 23.6. The van der Waals surface area contributed by atoms with Crippen LogP contribution in [0.2, 0.25) is 0 Å². The summed E-state index contributed by atoms with van der Waals surface area (Å²) < 4.78 is 5.82. The second-order valence-corrected chi connectivity index (χ2v) is 7.56. The van der Waals surface area contributed by atoms with Gasteiger partial charge < -0.3 is 10.1 Å². The predicted octanol–water partition coefficient (Wildman–Crippen LogP) is 8.14. The van der Waals surface area contributed by atoms with Gasteiger partial charge in [-0.05, 0) is 44.2 Å². The number of rotatable bonds is 18. The van der Waals surface area contributed by atoms with Gasteiger partial charge in [-0.1, -0.05) is 82.9 Å². The lowest BCUT2D eigenvalue weighted by Crippen LogP contribution is -1.98. The lowest BCUT2D eigenvalue weighted by atomic mass is 10.1. The first-order valence-corrected chi connectivity index (χ1v) is 11.4. The Morgan fingerprint density at radius 2 is 1.37 bits per heavy atom. The molecular formula is C25H43NO. The Bertz CT molecular complexity index is 469. The van der Waals surface area contributed by atoms with E-state index >= 15 is 0 Å². The van der Waals surface area contributed by atoms with E-state index in [1.54, 1.807) is 0 Å². The molecule has 1 aromatic carbocycles. The summed E-state index contributed by atoms with van der Waals surface area (Å²) in [6, 6.07) is 8.17. The predicted molar refractivity (Wildman–Crippen MR) is 121 cm³/mol. The fourth-order valence-electron chi connectivity index (χ4n) is 3.28. The molecule has 1 N–H and O–H groups in total. The lowest BCUT2D eigenvalue weighted by Gasteiger charge is -2.07. The minimum absolute atomic E-state index is 0.828. The number of hydrogen-bond acceptors (Lipinski definition) is 2. The molecule has 0 saturated heterocycles. The summed E-state index contributed by atoms with van der Waals surface area (Å²) in [5.41, 5.74) is 1.11. The minimum Gasteiger partial charge on any atom is -0.494 e. The van der Waals surface area contributed by atoms with Gasteiger partial charge in [-0.15, -0.1) is 0 Å². The Morgan fingerprint density at radius 3 is 2.00 bits per heavy atom. The third-order valence-corrected chi connectivity index (χ3v) is 5.05. The number of allylic oxidation sites excluding steroid dienone is 2. The van der Waals surface area contributed by atoms with Gasteiger partial charge in [-0.25, -0.2) is 0 Å². The van der Waals surface area contributed by atoms with Gasteiger partial charge in [0.05, 0.1) is 6.61 Å². The second-order valence-electron chi connectivity index (χ2n) is 7.56. The molecule has 0 aliphatic rings. The Labute approximate surface area is 168 Å². The van der Waals surface area contributed by atoms with E-state index in [9.17, 15) is 0 Å². The maximum Gasteiger partial charge on any atom is 0.121 e. The second kappa shape index (κ2) is 17.9. The zero-order valence-electron chi connectivity index (χ0n) is 18.0. The normalized spacial score (nSPS) is 11.2. The van der Waals surface area contributed by atoms with Crippen molar-refractivity contribution in [1.29, 1.82) is 0 Å². The smallest absolute Gasteiger partial charge is 0.121 e. The highest BCUT2D eigenvalue weighted by Crippen LogP contribution is 2.17. The van der Waals surface area contributed by atoms with Gasteiger partial charge in [0.2, 0.25) is 0 Å². The zero-order chi connectivity index (χ0) is 19.4. The maximum absolute atomic E-state index is 5.82. The van der Waals surface area contributed by atoms with E-state index in [0.717, 1.165) is 24.5 Å². The SMILES string of the molecule is CCCCCCCC/C=C/CCCCCCCCOc1cccc(NC)c1. The van der Waals surface area contributed by atoms with Crippen LogP contribution >= 0.6 is 0 Å². The molecule has 2 heteroatoms. The summed E-state index contributed by atoms with van der Waals surface area (Å²) >= 11 is 0. The van der Waals surface area contributed by atoms with E-state index < -0.39 is 0 Å². The van der Waals surface area contributed by atoms with Crippen LogP contribution in [0.15, 0.2) is 36.4 Å². The van der Waals surface area contributed by atoms with E-state index in [1.807, 2.05) is 19.2 Å². The standard InChI is InChI=1S/C25H43NO/c1-3-4-5-6-7-8-9-10-11-12-13-14-15-16-17-18-22-27-25-21-19-20-24(23-25)26-2/h10-11,19-21,23,26H,3-9,12-18,22H2,1-2H3/b11-10+. The Balaban J connectivity index is 1.81. The van der Waals surface area contributed by atoms with Crippen LogP contribution < -0.4 is 10.1 Å². The van der Waals surface area contributed by atoms with Crippen LogP contribution in [0.5, 0.6) is 5.75 Å². The average molecular weight is 374 g/mol. The van der Waals surface area contributed by atoms with Crippen molar-refractivity contribution in [3.63, 3.8) is 0 Å². The summed E-state index contributed by atoms with van der Waals surface area (Å²) in [6.07, 6.45) is 23.6. The van der Waals surface area contributed by atoms with Crippen LogP contribution in [-0.2, 0) is 0 Å². The monoisotopic (exact) mass is 373 g/mol. The summed E-state index contributed by atoms with van der Waals surface area (Å²) in [5.74, 6) is 0.967. The van der Waals surface area contributed by atoms with Crippen molar-refractivity contribution in [3.8, 4) is 5.75 Å². The highest BCUT2D eigenvalue weighted by Gasteiger charge is 1.96. The van der Waals surface area contributed by atoms with Crippen LogP contribution in [0.3, 0.4) is 0 Å². The van der Waals surface area contributed by atoms with Gasteiger partial charge in [0, 0.05) is 18.8 Å². The summed E-state index contributed by atoms with van der Waals surface area (Å²) in [7, 11) is 1.94. The van der Waals surface area contributed by atoms with Gasteiger partial charge in [-0.3, -0.25) is 0 Å². The van der Waals surface area contributed by atoms with Gasteiger partial charge in [0.1, 0.15) is 5.75 Å². The van der Waals surface area contributed by atoms with Crippen molar-refractivity contribution in [2.24, 2.45) is 0 Å². The number of anilines is 1. The van der Waals surface area contributed by atoms with Crippen molar-refractivity contribution in [2.75, 3.05) is 19.0 Å². The first-order valence-electron chi connectivity index (χ1n) is 11.4. The third-order valence-electron chi connectivity index (χ3n) is 5.05. The molecule has 0 amide bonds. The van der Waals surface area contributed by atoms with Crippen LogP contribution in [-0.4, -0.2) is 13.7 Å². The largest absolute Gasteiger partial charge is 0.494 e. The zero-order valence-corrected chi connectivity index (χ0v) is 18.0. The van der Waals surface area contributed by atoms with Gasteiger partial charge in [-0.2, -0.15) is 0 Å². The van der Waals surface area contributed by atoms with Crippen molar-refractivity contribution >= 4 is 5.69 Å². The molecule has 0 fully saturated rings. The van der Waals surface area contributed by atoms with Gasteiger partial charge in [0.25, 0.3) is 0 Å². The maximum atomic E-state index is 5.82. The number of ether oxygens (including phenoxy) is 1. The number of nitrogens with one attached hydrogen (secondary N) is 1. The van der Waals surface area contributed by atoms with Gasteiger partial charge in [0.15, 0.2) is 0 Å². The highest BCUT2D eigenvalue weighted by atomic mass is 16.5. The fourth-order valence-corrected chi connectivity index (χ4v) is 3.28. The van der Waals surface area contributed by atoms with E-state index in [0.29, 0.717) is 0 Å². The molecule has 27 heavy (non-hydrogen) atoms. The van der Waals surface area contributed by atoms with Crippen molar-refractivity contribution < 1.29 is 4.74 Å². The molecule has 154 valence electrons. The highest BCUT2D eigenvalue weighted by molar-refractivity contribution is 5.47. The number of unbranched alkanes of at least 4 members (excludes halogenated alkanes) is 12. The molecule has 0 aromatic heterocycles. The molecule has 0 heterocycles. The molecule has 0 radical (unpaired) electrons. The topological polar surface area (TPSA) is 21.3 Å². The molecule has 1 aromatic rings. The lowest BCUT2D eigenvalue weighted by molar-refractivity contribution is 0.304. The van der Waals surface area contributed by atoms with Crippen LogP contribution in [0.25, 0.3) is 0 Å². The fraction of sp³-hybridized carbons (Fsp3) is 0.680. The summed E-state index contributed by atoms with van der Waals surface area (Å²) in [4.78, 5) is 0. The Morgan fingerprint density at radius 1 is 0.778 bits per heavy atom. The van der Waals surface area contributed by atoms with E-state index in [4.69, 9.17) is 4.74 Å². The van der Waals surface area contributed by atoms with Crippen LogP contribution in [0.4, 0.5) is 5.69 Å². The van der Waals surface area contributed by atoms with Gasteiger partial charge >= 0.3 is 0 Å². The van der Waals surface area contributed by atoms with Crippen LogP contribution in [0, 0.1) is 0 Å². The average Bonchev–Trinajstić information content (AvgIpc) is 2.70. The quantitative estimate of drug-likeness (QED) is 0.207. The number of benzene rings is 1. The molecule has 0 spiro atoms. The van der Waals surface area contributed by atoms with E-state index in [2.05, 4.69) is 36.5 Å². The van der Waals surface area contributed by atoms with Crippen molar-refractivity contribution in [1.82, 2.24) is 0 Å². The van der Waals surface area contributed by atoms with E-state index in [-0.39, 0.29) is 0 Å². The molecule has 0 unspecified atom stereocenters. The third kappa shape index (κ3) is 14.3. The molecule has 1 rings (SSSR count). The van der Waals surface area contributed by atoms with Crippen molar-refractivity contribution in [3.05, 3.63) is 36.4 Å². The Hall–Kier alpha value is -1.44. The molecule has 0 aliphatic carbocycles. The summed E-state index contributed by atoms with van der Waals surface area (Å²) in [6.45, 7) is 3.11. The van der Waals surface area contributed by atoms with E-state index in [1.165, 1.54) is 83.5 Å². The summed E-state index contributed by atoms with van der Waals surface area (Å²) in [5, 5.41) is 3.14.